The van der Waals surface area contributed by atoms with E-state index in [1.54, 1.807) is 38.2 Å². The van der Waals surface area contributed by atoms with Gasteiger partial charge in [0.2, 0.25) is 0 Å². The van der Waals surface area contributed by atoms with E-state index in [-0.39, 0.29) is 16.7 Å². The summed E-state index contributed by atoms with van der Waals surface area (Å²) in [5, 5.41) is 0. The minimum Gasteiger partial charge on any atom is -0.389 e. The molecule has 0 atom stereocenters. The number of hydrogen-bond donors (Lipinski definition) is 1. The number of amides is 1. The Labute approximate surface area is 128 Å². The van der Waals surface area contributed by atoms with Crippen LogP contribution in [0.25, 0.3) is 0 Å². The van der Waals surface area contributed by atoms with Gasteiger partial charge in [-0.2, -0.15) is 0 Å². The number of carbonyl (C=O) groups excluding carboxylic acids is 1. The molecule has 108 valence electrons. The van der Waals surface area contributed by atoms with Gasteiger partial charge in [-0.05, 0) is 42.8 Å². The molecule has 0 fully saturated rings. The van der Waals surface area contributed by atoms with E-state index in [0.717, 1.165) is 0 Å². The first-order valence-corrected chi connectivity index (χ1v) is 6.75. The molecule has 0 unspecified atom stereocenters. The number of hydrogen-bond acceptors (Lipinski definition) is 2. The molecule has 0 aliphatic rings. The molecule has 5 heteroatoms. The van der Waals surface area contributed by atoms with Crippen molar-refractivity contribution in [2.75, 3.05) is 11.9 Å². The zero-order chi connectivity index (χ0) is 15.6. The number of benzene rings is 2. The van der Waals surface area contributed by atoms with Gasteiger partial charge in [-0.25, -0.2) is 4.39 Å². The van der Waals surface area contributed by atoms with Crippen LogP contribution in [0.5, 0.6) is 0 Å². The second-order valence-corrected chi connectivity index (χ2v) is 5.14. The number of para-hydroxylation sites is 1. The highest BCUT2D eigenvalue weighted by Crippen LogP contribution is 2.22. The van der Waals surface area contributed by atoms with E-state index in [1.807, 2.05) is 0 Å². The standard InChI is InChI=1S/C16H15FN2OS/c1-10-9-11(17)7-8-12(10)16(20)19(2)14-6-4-3-5-13(14)15(18)21/h3-9H,1-2H3,(H2,18,21). The van der Waals surface area contributed by atoms with Gasteiger partial charge in [-0.1, -0.05) is 24.4 Å². The van der Waals surface area contributed by atoms with Gasteiger partial charge in [-0.3, -0.25) is 4.79 Å². The van der Waals surface area contributed by atoms with Crippen LogP contribution in [0.3, 0.4) is 0 Å². The Balaban J connectivity index is 2.42. The summed E-state index contributed by atoms with van der Waals surface area (Å²) in [6.07, 6.45) is 0. The molecule has 0 radical (unpaired) electrons. The lowest BCUT2D eigenvalue weighted by Gasteiger charge is -2.21. The summed E-state index contributed by atoms with van der Waals surface area (Å²) in [4.78, 5) is 14.3. The van der Waals surface area contributed by atoms with Crippen molar-refractivity contribution < 1.29 is 9.18 Å². The zero-order valence-electron chi connectivity index (χ0n) is 11.8. The third-order valence-corrected chi connectivity index (χ3v) is 3.47. The van der Waals surface area contributed by atoms with Crippen molar-refractivity contribution >= 4 is 28.8 Å². The van der Waals surface area contributed by atoms with Crippen molar-refractivity contribution in [2.45, 2.75) is 6.92 Å². The summed E-state index contributed by atoms with van der Waals surface area (Å²) < 4.78 is 13.1. The van der Waals surface area contributed by atoms with Crippen molar-refractivity contribution in [1.82, 2.24) is 0 Å². The molecule has 0 spiro atoms. The summed E-state index contributed by atoms with van der Waals surface area (Å²) in [5.41, 5.74) is 7.96. The minimum atomic E-state index is -0.366. The van der Waals surface area contributed by atoms with E-state index in [9.17, 15) is 9.18 Å². The molecule has 0 aliphatic carbocycles. The number of nitrogens with two attached hydrogens (primary N) is 1. The van der Waals surface area contributed by atoms with Crippen LogP contribution in [0.1, 0.15) is 21.5 Å². The van der Waals surface area contributed by atoms with Crippen molar-refractivity contribution in [3.8, 4) is 0 Å². The van der Waals surface area contributed by atoms with Crippen LogP contribution in [0.2, 0.25) is 0 Å². The average molecular weight is 302 g/mol. The second kappa shape index (κ2) is 6.01. The smallest absolute Gasteiger partial charge is 0.258 e. The molecule has 0 saturated heterocycles. The van der Waals surface area contributed by atoms with Crippen LogP contribution in [0, 0.1) is 12.7 Å². The molecule has 2 aromatic carbocycles. The van der Waals surface area contributed by atoms with E-state index >= 15 is 0 Å². The third-order valence-electron chi connectivity index (χ3n) is 3.25. The van der Waals surface area contributed by atoms with Gasteiger partial charge < -0.3 is 10.6 Å². The molecule has 2 aromatic rings. The van der Waals surface area contributed by atoms with Crippen LogP contribution in [0.4, 0.5) is 10.1 Å². The maximum absolute atomic E-state index is 13.1. The quantitative estimate of drug-likeness (QED) is 0.886. The summed E-state index contributed by atoms with van der Waals surface area (Å²) in [5.74, 6) is -0.605. The van der Waals surface area contributed by atoms with Gasteiger partial charge >= 0.3 is 0 Å². The highest BCUT2D eigenvalue weighted by molar-refractivity contribution is 7.80. The van der Waals surface area contributed by atoms with E-state index in [4.69, 9.17) is 18.0 Å². The van der Waals surface area contributed by atoms with Crippen molar-refractivity contribution in [3.63, 3.8) is 0 Å². The Kier molecular flexibility index (Phi) is 4.33. The fraction of sp³-hybridized carbons (Fsp3) is 0.125. The van der Waals surface area contributed by atoms with Crippen LogP contribution < -0.4 is 10.6 Å². The molecule has 2 N–H and O–H groups in total. The second-order valence-electron chi connectivity index (χ2n) is 4.70. The van der Waals surface area contributed by atoms with E-state index in [0.29, 0.717) is 22.4 Å². The topological polar surface area (TPSA) is 46.3 Å². The van der Waals surface area contributed by atoms with Crippen LogP contribution >= 0.6 is 12.2 Å². The van der Waals surface area contributed by atoms with Crippen molar-refractivity contribution in [1.29, 1.82) is 0 Å². The van der Waals surface area contributed by atoms with Gasteiger partial charge in [0.05, 0.1) is 5.69 Å². The van der Waals surface area contributed by atoms with Gasteiger partial charge in [0.1, 0.15) is 10.8 Å². The Morgan fingerprint density at radius 3 is 2.48 bits per heavy atom. The monoisotopic (exact) mass is 302 g/mol. The van der Waals surface area contributed by atoms with Crippen LogP contribution in [-0.2, 0) is 0 Å². The molecule has 0 saturated carbocycles. The van der Waals surface area contributed by atoms with Crippen LogP contribution in [-0.4, -0.2) is 17.9 Å². The molecule has 0 heterocycles. The molecular formula is C16H15FN2OS. The molecule has 1 amide bonds. The number of thiocarbonyl (C=S) groups is 1. The van der Waals surface area contributed by atoms with Gasteiger partial charge in [0, 0.05) is 18.2 Å². The fourth-order valence-corrected chi connectivity index (χ4v) is 2.30. The lowest BCUT2D eigenvalue weighted by atomic mass is 10.1. The van der Waals surface area contributed by atoms with Crippen molar-refractivity contribution in [3.05, 3.63) is 65.0 Å². The first-order valence-electron chi connectivity index (χ1n) is 6.35. The number of nitrogens with zero attached hydrogens (tertiary/aromatic N) is 1. The first-order chi connectivity index (χ1) is 9.91. The van der Waals surface area contributed by atoms with Gasteiger partial charge in [-0.15, -0.1) is 0 Å². The molecule has 0 aliphatic heterocycles. The lowest BCUT2D eigenvalue weighted by molar-refractivity contribution is 0.0992. The Morgan fingerprint density at radius 2 is 1.86 bits per heavy atom. The maximum atomic E-state index is 13.1. The summed E-state index contributed by atoms with van der Waals surface area (Å²) in [6, 6.07) is 11.2. The first kappa shape index (κ1) is 15.1. The summed E-state index contributed by atoms with van der Waals surface area (Å²) in [6.45, 7) is 1.70. The highest BCUT2D eigenvalue weighted by atomic mass is 32.1. The van der Waals surface area contributed by atoms with E-state index in [2.05, 4.69) is 0 Å². The third kappa shape index (κ3) is 3.08. The molecule has 0 bridgehead atoms. The maximum Gasteiger partial charge on any atom is 0.258 e. The van der Waals surface area contributed by atoms with E-state index < -0.39 is 0 Å². The molecule has 3 nitrogen and oxygen atoms in total. The van der Waals surface area contributed by atoms with Gasteiger partial charge in [0.25, 0.3) is 5.91 Å². The zero-order valence-corrected chi connectivity index (χ0v) is 12.6. The number of carbonyl (C=O) groups is 1. The molecule has 21 heavy (non-hydrogen) atoms. The molecule has 0 aromatic heterocycles. The summed E-state index contributed by atoms with van der Waals surface area (Å²) in [7, 11) is 1.64. The number of rotatable bonds is 3. The molecular weight excluding hydrogens is 287 g/mol. The Hall–Kier alpha value is -2.27. The average Bonchev–Trinajstić information content (AvgIpc) is 2.45. The van der Waals surface area contributed by atoms with E-state index in [1.165, 1.54) is 23.1 Å². The predicted molar refractivity (Wildman–Crippen MR) is 86.2 cm³/mol. The number of halogens is 1. The Bertz CT molecular complexity index is 715. The van der Waals surface area contributed by atoms with Crippen LogP contribution in [0.15, 0.2) is 42.5 Å². The normalized spacial score (nSPS) is 10.2. The predicted octanol–water partition coefficient (Wildman–Crippen LogP) is 3.04. The largest absolute Gasteiger partial charge is 0.389 e. The fourth-order valence-electron chi connectivity index (χ4n) is 2.13. The number of anilines is 1. The lowest BCUT2D eigenvalue weighted by Crippen LogP contribution is -2.29. The highest BCUT2D eigenvalue weighted by Gasteiger charge is 2.18. The summed E-state index contributed by atoms with van der Waals surface area (Å²) >= 11 is 5.01. The van der Waals surface area contributed by atoms with Crippen molar-refractivity contribution in [2.24, 2.45) is 5.73 Å². The minimum absolute atomic E-state index is 0.223. The molecule has 2 rings (SSSR count). The Morgan fingerprint density at radius 1 is 1.19 bits per heavy atom. The van der Waals surface area contributed by atoms with Gasteiger partial charge in [0.15, 0.2) is 0 Å². The number of aryl methyl sites for hydroxylation is 1. The SMILES string of the molecule is Cc1cc(F)ccc1C(=O)N(C)c1ccccc1C(N)=S.